The highest BCUT2D eigenvalue weighted by Crippen LogP contribution is 2.31. The quantitative estimate of drug-likeness (QED) is 0.638. The van der Waals surface area contributed by atoms with Crippen LogP contribution in [0.4, 0.5) is 11.5 Å². The monoisotopic (exact) mass is 432 g/mol. The fourth-order valence-electron chi connectivity index (χ4n) is 3.66. The van der Waals surface area contributed by atoms with Crippen molar-refractivity contribution in [3.8, 4) is 0 Å². The molecule has 0 radical (unpaired) electrons. The first-order valence-corrected chi connectivity index (χ1v) is 11.1. The minimum atomic E-state index is -3.86. The van der Waals surface area contributed by atoms with Gasteiger partial charge in [-0.3, -0.25) is 14.3 Å². The average Bonchev–Trinajstić information content (AvgIpc) is 2.67. The Balaban J connectivity index is 1.70. The molecule has 30 heavy (non-hydrogen) atoms. The minimum Gasteiger partial charge on any atom is -0.481 e. The first-order chi connectivity index (χ1) is 14.2. The molecule has 2 atom stereocenters. The van der Waals surface area contributed by atoms with Crippen molar-refractivity contribution >= 4 is 33.4 Å². The molecule has 1 amide bonds. The molecule has 10 heteroatoms. The molecule has 3 N–H and O–H groups in total. The van der Waals surface area contributed by atoms with Gasteiger partial charge < -0.3 is 10.4 Å². The van der Waals surface area contributed by atoms with E-state index in [1.807, 2.05) is 0 Å². The summed E-state index contributed by atoms with van der Waals surface area (Å²) >= 11 is 0. The number of hydrogen-bond acceptors (Lipinski definition) is 6. The van der Waals surface area contributed by atoms with Crippen molar-refractivity contribution in [2.75, 3.05) is 10.0 Å². The summed E-state index contributed by atoms with van der Waals surface area (Å²) in [5.41, 5.74) is 1.04. The van der Waals surface area contributed by atoms with Gasteiger partial charge in [-0.1, -0.05) is 12.8 Å². The summed E-state index contributed by atoms with van der Waals surface area (Å²) in [7, 11) is -3.86. The van der Waals surface area contributed by atoms with Crippen molar-refractivity contribution in [3.05, 3.63) is 41.9 Å². The second-order valence-electron chi connectivity index (χ2n) is 7.40. The summed E-state index contributed by atoms with van der Waals surface area (Å²) in [6.45, 7) is 3.41. The van der Waals surface area contributed by atoms with Crippen LogP contribution in [0.3, 0.4) is 0 Å². The second kappa shape index (κ2) is 8.78. The van der Waals surface area contributed by atoms with Gasteiger partial charge in [-0.25, -0.2) is 18.4 Å². The van der Waals surface area contributed by atoms with Gasteiger partial charge in [0.25, 0.3) is 10.0 Å². The zero-order valence-electron chi connectivity index (χ0n) is 16.8. The van der Waals surface area contributed by atoms with Crippen molar-refractivity contribution in [1.82, 2.24) is 9.97 Å². The van der Waals surface area contributed by atoms with Gasteiger partial charge in [-0.15, -0.1) is 0 Å². The van der Waals surface area contributed by atoms with Gasteiger partial charge in [-0.05, 0) is 51.0 Å². The fourth-order valence-corrected chi connectivity index (χ4v) is 4.65. The average molecular weight is 433 g/mol. The zero-order valence-corrected chi connectivity index (χ0v) is 17.6. The largest absolute Gasteiger partial charge is 0.481 e. The maximum absolute atomic E-state index is 12.6. The van der Waals surface area contributed by atoms with Crippen LogP contribution < -0.4 is 10.0 Å². The molecule has 1 fully saturated rings. The molecule has 1 aromatic carbocycles. The number of hydrogen-bond donors (Lipinski definition) is 3. The molecular weight excluding hydrogens is 408 g/mol. The van der Waals surface area contributed by atoms with Crippen LogP contribution >= 0.6 is 0 Å². The third-order valence-electron chi connectivity index (χ3n) is 5.06. The SMILES string of the molecule is Cc1cc(NS(=O)(=O)c2ccc(NC(=O)C3CCCCC3C(=O)O)cc2)nc(C)n1. The predicted molar refractivity (Wildman–Crippen MR) is 110 cm³/mol. The summed E-state index contributed by atoms with van der Waals surface area (Å²) in [4.78, 5) is 32.1. The van der Waals surface area contributed by atoms with Gasteiger partial charge in [0, 0.05) is 17.4 Å². The molecular formula is C20H24N4O5S. The zero-order chi connectivity index (χ0) is 21.9. The third kappa shape index (κ3) is 5.12. The molecule has 3 rings (SSSR count). The smallest absolute Gasteiger partial charge is 0.307 e. The van der Waals surface area contributed by atoms with E-state index >= 15 is 0 Å². The molecule has 1 saturated carbocycles. The van der Waals surface area contributed by atoms with Crippen molar-refractivity contribution in [2.45, 2.75) is 44.4 Å². The van der Waals surface area contributed by atoms with Gasteiger partial charge in [-0.2, -0.15) is 0 Å². The van der Waals surface area contributed by atoms with Crippen LogP contribution in [0.1, 0.15) is 37.2 Å². The Bertz CT molecular complexity index is 1030. The van der Waals surface area contributed by atoms with Crippen LogP contribution in [0, 0.1) is 25.7 Å². The topological polar surface area (TPSA) is 138 Å². The first kappa shape index (κ1) is 21.7. The van der Waals surface area contributed by atoms with Gasteiger partial charge in [0.2, 0.25) is 5.91 Å². The molecule has 1 aliphatic carbocycles. The number of aromatic nitrogens is 2. The molecule has 1 aromatic heterocycles. The summed E-state index contributed by atoms with van der Waals surface area (Å²) in [6.07, 6.45) is 2.62. The first-order valence-electron chi connectivity index (χ1n) is 9.64. The number of benzene rings is 1. The Morgan fingerprint density at radius 2 is 1.67 bits per heavy atom. The highest BCUT2D eigenvalue weighted by molar-refractivity contribution is 7.92. The molecule has 160 valence electrons. The van der Waals surface area contributed by atoms with E-state index in [0.717, 1.165) is 12.8 Å². The predicted octanol–water partition coefficient (Wildman–Crippen LogP) is 2.72. The highest BCUT2D eigenvalue weighted by atomic mass is 32.2. The van der Waals surface area contributed by atoms with E-state index in [0.29, 0.717) is 30.0 Å². The van der Waals surface area contributed by atoms with Crippen LogP contribution in [0.15, 0.2) is 35.2 Å². The number of aliphatic carboxylic acids is 1. The molecule has 9 nitrogen and oxygen atoms in total. The number of aryl methyl sites for hydroxylation is 2. The Labute approximate surface area is 175 Å². The van der Waals surface area contributed by atoms with Crippen LogP contribution in [0.2, 0.25) is 0 Å². The van der Waals surface area contributed by atoms with E-state index in [9.17, 15) is 23.1 Å². The van der Waals surface area contributed by atoms with Crippen molar-refractivity contribution in [2.24, 2.45) is 11.8 Å². The Hall–Kier alpha value is -3.01. The Kier molecular flexibility index (Phi) is 6.35. The van der Waals surface area contributed by atoms with Gasteiger partial charge in [0.15, 0.2) is 0 Å². The number of nitrogens with zero attached hydrogens (tertiary/aromatic N) is 2. The molecule has 1 heterocycles. The number of sulfonamides is 1. The van der Waals surface area contributed by atoms with E-state index in [1.165, 1.54) is 30.3 Å². The van der Waals surface area contributed by atoms with E-state index in [2.05, 4.69) is 20.0 Å². The lowest BCUT2D eigenvalue weighted by Crippen LogP contribution is -2.36. The highest BCUT2D eigenvalue weighted by Gasteiger charge is 2.35. The van der Waals surface area contributed by atoms with E-state index in [-0.39, 0.29) is 16.6 Å². The molecule has 0 saturated heterocycles. The third-order valence-corrected chi connectivity index (χ3v) is 6.43. The summed E-state index contributed by atoms with van der Waals surface area (Å²) < 4.78 is 27.6. The van der Waals surface area contributed by atoms with Gasteiger partial charge >= 0.3 is 5.97 Å². The lowest BCUT2D eigenvalue weighted by Gasteiger charge is -2.27. The molecule has 0 spiro atoms. The van der Waals surface area contributed by atoms with E-state index in [4.69, 9.17) is 0 Å². The molecule has 2 aromatic rings. The Morgan fingerprint density at radius 1 is 1.03 bits per heavy atom. The molecule has 1 aliphatic rings. The lowest BCUT2D eigenvalue weighted by atomic mass is 9.78. The number of carbonyl (C=O) groups is 2. The normalized spacial score (nSPS) is 19.1. The number of rotatable bonds is 6. The number of carbonyl (C=O) groups excluding carboxylic acids is 1. The van der Waals surface area contributed by atoms with Gasteiger partial charge in [0.1, 0.15) is 11.6 Å². The maximum atomic E-state index is 12.6. The summed E-state index contributed by atoms with van der Waals surface area (Å²) in [6, 6.07) is 7.22. The standard InChI is InChI=1S/C20H24N4O5S/c1-12-11-18(22-13(2)21-12)24-30(28,29)15-9-7-14(8-10-15)23-19(25)16-5-3-4-6-17(16)20(26)27/h7-11,16-17H,3-6H2,1-2H3,(H,23,25)(H,26,27)(H,21,22,24). The summed E-state index contributed by atoms with van der Waals surface area (Å²) in [5, 5.41) is 12.0. The number of carboxylic acids is 1. The van der Waals surface area contributed by atoms with Crippen LogP contribution in [-0.4, -0.2) is 35.4 Å². The van der Waals surface area contributed by atoms with Crippen molar-refractivity contribution < 1.29 is 23.1 Å². The van der Waals surface area contributed by atoms with Crippen LogP contribution in [-0.2, 0) is 19.6 Å². The Morgan fingerprint density at radius 3 is 2.27 bits per heavy atom. The second-order valence-corrected chi connectivity index (χ2v) is 9.08. The lowest BCUT2D eigenvalue weighted by molar-refractivity contribution is -0.147. The minimum absolute atomic E-state index is 0.00972. The molecule has 2 unspecified atom stereocenters. The number of nitrogens with one attached hydrogen (secondary N) is 2. The van der Waals surface area contributed by atoms with Crippen LogP contribution in [0.25, 0.3) is 0 Å². The number of amides is 1. The van der Waals surface area contributed by atoms with E-state index < -0.39 is 27.8 Å². The maximum Gasteiger partial charge on any atom is 0.307 e. The molecule has 0 aliphatic heterocycles. The van der Waals surface area contributed by atoms with Crippen LogP contribution in [0.5, 0.6) is 0 Å². The van der Waals surface area contributed by atoms with Crippen molar-refractivity contribution in [3.63, 3.8) is 0 Å². The van der Waals surface area contributed by atoms with Crippen molar-refractivity contribution in [1.29, 1.82) is 0 Å². The fraction of sp³-hybridized carbons (Fsp3) is 0.400. The van der Waals surface area contributed by atoms with E-state index in [1.54, 1.807) is 13.8 Å². The van der Waals surface area contributed by atoms with Gasteiger partial charge in [0.05, 0.1) is 16.7 Å². The summed E-state index contributed by atoms with van der Waals surface area (Å²) in [5.74, 6) is -1.98. The number of carboxylic acid groups (broad SMARTS) is 1. The number of anilines is 2. The molecule has 0 bridgehead atoms.